The Labute approximate surface area is 215 Å². The van der Waals surface area contributed by atoms with Crippen LogP contribution in [0, 0.1) is 0 Å². The molecule has 1 aliphatic rings. The Morgan fingerprint density at radius 3 is 2.61 bits per heavy atom. The highest BCUT2D eigenvalue weighted by Gasteiger charge is 2.43. The highest BCUT2D eigenvalue weighted by Crippen LogP contribution is 2.42. The molecule has 0 atom stereocenters. The number of hydrogen-bond acceptors (Lipinski definition) is 7. The van der Waals surface area contributed by atoms with Gasteiger partial charge in [0.1, 0.15) is 5.76 Å². The predicted octanol–water partition coefficient (Wildman–Crippen LogP) is 4.72. The number of carbonyl (C=O) groups is 2. The maximum absolute atomic E-state index is 13.3. The van der Waals surface area contributed by atoms with Gasteiger partial charge in [-0.3, -0.25) is 14.6 Å². The van der Waals surface area contributed by atoms with Gasteiger partial charge in [-0.2, -0.15) is 0 Å². The molecule has 2 aromatic heterocycles. The highest BCUT2D eigenvalue weighted by atomic mass is 19.3. The van der Waals surface area contributed by atoms with Crippen LogP contribution < -0.4 is 25.4 Å². The third kappa shape index (κ3) is 6.06. The number of anilines is 2. The Morgan fingerprint density at radius 2 is 1.76 bits per heavy atom. The Kier molecular flexibility index (Phi) is 6.90. The number of furan rings is 1. The lowest BCUT2D eigenvalue weighted by Crippen LogP contribution is -2.25. The number of pyridine rings is 1. The maximum Gasteiger partial charge on any atom is 0.586 e. The first-order valence-corrected chi connectivity index (χ1v) is 11.6. The van der Waals surface area contributed by atoms with Gasteiger partial charge in [-0.1, -0.05) is 12.1 Å². The number of hydrogen-bond donors (Lipinski definition) is 3. The molecule has 2 amide bonds. The normalized spacial score (nSPS) is 13.1. The van der Waals surface area contributed by atoms with Gasteiger partial charge in [0, 0.05) is 35.9 Å². The zero-order valence-corrected chi connectivity index (χ0v) is 19.9. The van der Waals surface area contributed by atoms with Crippen LogP contribution in [0.15, 0.2) is 83.6 Å². The van der Waals surface area contributed by atoms with Gasteiger partial charge < -0.3 is 29.8 Å². The lowest BCUT2D eigenvalue weighted by atomic mass is 10.1. The fourth-order valence-corrected chi connectivity index (χ4v) is 3.82. The second kappa shape index (κ2) is 10.6. The van der Waals surface area contributed by atoms with Crippen molar-refractivity contribution in [3.8, 4) is 11.5 Å². The molecule has 11 heteroatoms. The summed E-state index contributed by atoms with van der Waals surface area (Å²) in [6, 6.07) is 18.0. The summed E-state index contributed by atoms with van der Waals surface area (Å²) in [5.41, 5.74) is 2.64. The lowest BCUT2D eigenvalue weighted by Gasteiger charge is -2.13. The average molecular weight is 520 g/mol. The highest BCUT2D eigenvalue weighted by molar-refractivity contribution is 6.08. The second-order valence-corrected chi connectivity index (χ2v) is 8.37. The molecule has 1 aliphatic heterocycles. The van der Waals surface area contributed by atoms with Crippen LogP contribution in [0.5, 0.6) is 11.5 Å². The number of alkyl halides is 2. The van der Waals surface area contributed by atoms with Crippen LogP contribution >= 0.6 is 0 Å². The van der Waals surface area contributed by atoms with E-state index in [1.54, 1.807) is 48.9 Å². The molecule has 194 valence electrons. The third-order valence-electron chi connectivity index (χ3n) is 5.58. The number of fused-ring (bicyclic) bond motifs is 1. The van der Waals surface area contributed by atoms with Gasteiger partial charge in [-0.05, 0) is 54.1 Å². The first kappa shape index (κ1) is 24.8. The fraction of sp³-hybridized carbons (Fsp3) is 0.148. The third-order valence-corrected chi connectivity index (χ3v) is 5.58. The Bertz CT molecular complexity index is 1460. The number of ether oxygens (including phenoxy) is 2. The first-order valence-electron chi connectivity index (χ1n) is 11.6. The molecule has 3 heterocycles. The van der Waals surface area contributed by atoms with Crippen molar-refractivity contribution >= 4 is 23.2 Å². The van der Waals surface area contributed by atoms with Crippen molar-refractivity contribution in [3.63, 3.8) is 0 Å². The summed E-state index contributed by atoms with van der Waals surface area (Å²) in [6.45, 7) is 0.664. The minimum Gasteiger partial charge on any atom is -0.467 e. The van der Waals surface area contributed by atoms with Crippen LogP contribution in [0.3, 0.4) is 0 Å². The van der Waals surface area contributed by atoms with Crippen molar-refractivity contribution in [3.05, 3.63) is 102 Å². The van der Waals surface area contributed by atoms with E-state index in [9.17, 15) is 18.4 Å². The summed E-state index contributed by atoms with van der Waals surface area (Å²) >= 11 is 0. The van der Waals surface area contributed by atoms with Crippen LogP contribution in [-0.2, 0) is 24.3 Å². The molecule has 2 aromatic carbocycles. The van der Waals surface area contributed by atoms with Crippen LogP contribution in [0.1, 0.15) is 27.4 Å². The molecule has 38 heavy (non-hydrogen) atoms. The van der Waals surface area contributed by atoms with Crippen LogP contribution in [0.4, 0.5) is 20.2 Å². The summed E-state index contributed by atoms with van der Waals surface area (Å²) in [4.78, 5) is 29.5. The number of rotatable bonds is 9. The number of nitrogens with one attached hydrogen (secondary N) is 3. The molecular weight excluding hydrogens is 498 g/mol. The summed E-state index contributed by atoms with van der Waals surface area (Å²) in [5, 5.41) is 8.70. The largest absolute Gasteiger partial charge is 0.586 e. The monoisotopic (exact) mass is 520 g/mol. The standard InChI is InChI=1S/C27H22F2N4O5/c28-27(29)37-23-8-7-18(13-24(23)38-27)33-26(35)21-5-1-2-6-22(21)31-15-17-9-10-30-19(12-17)14-25(34)32-16-20-4-3-11-36-20/h1-13,31H,14-16H2,(H,32,34)(H,33,35). The smallest absolute Gasteiger partial charge is 0.467 e. The van der Waals surface area contributed by atoms with Gasteiger partial charge >= 0.3 is 6.29 Å². The van der Waals surface area contributed by atoms with Gasteiger partial charge in [0.15, 0.2) is 11.5 Å². The van der Waals surface area contributed by atoms with Gasteiger partial charge in [0.25, 0.3) is 5.91 Å². The Balaban J connectivity index is 1.20. The second-order valence-electron chi connectivity index (χ2n) is 8.37. The van der Waals surface area contributed by atoms with Crippen molar-refractivity contribution in [1.29, 1.82) is 0 Å². The predicted molar refractivity (Wildman–Crippen MR) is 133 cm³/mol. The summed E-state index contributed by atoms with van der Waals surface area (Å²) < 4.78 is 40.6. The first-order chi connectivity index (χ1) is 18.3. The van der Waals surface area contributed by atoms with E-state index in [0.717, 1.165) is 5.56 Å². The van der Waals surface area contributed by atoms with E-state index < -0.39 is 12.2 Å². The SMILES string of the molecule is O=C(Cc1cc(CNc2ccccc2C(=O)Nc2ccc3c(c2)OC(F)(F)O3)ccn1)NCc1ccco1. The molecule has 4 aromatic rings. The zero-order chi connectivity index (χ0) is 26.5. The van der Waals surface area contributed by atoms with E-state index in [1.807, 2.05) is 12.1 Å². The average Bonchev–Trinajstić information content (AvgIpc) is 3.52. The van der Waals surface area contributed by atoms with Gasteiger partial charge in [-0.25, -0.2) is 0 Å². The number of benzene rings is 2. The van der Waals surface area contributed by atoms with E-state index >= 15 is 0 Å². The fourth-order valence-electron chi connectivity index (χ4n) is 3.82. The minimum absolute atomic E-state index is 0.106. The number of amides is 2. The van der Waals surface area contributed by atoms with Crippen molar-refractivity contribution in [2.75, 3.05) is 10.6 Å². The summed E-state index contributed by atoms with van der Waals surface area (Å²) in [5.74, 6) is -0.244. The van der Waals surface area contributed by atoms with E-state index in [-0.39, 0.29) is 29.5 Å². The molecule has 0 aliphatic carbocycles. The molecule has 5 rings (SSSR count). The molecule has 0 unspecified atom stereocenters. The Morgan fingerprint density at radius 1 is 0.921 bits per heavy atom. The number of aromatic nitrogens is 1. The number of nitrogens with zero attached hydrogens (tertiary/aromatic N) is 1. The van der Waals surface area contributed by atoms with E-state index in [4.69, 9.17) is 4.42 Å². The molecule has 0 fully saturated rings. The quantitative estimate of drug-likeness (QED) is 0.293. The van der Waals surface area contributed by atoms with Crippen molar-refractivity contribution in [2.24, 2.45) is 0 Å². The van der Waals surface area contributed by atoms with Crippen LogP contribution in [-0.4, -0.2) is 23.1 Å². The van der Waals surface area contributed by atoms with E-state index in [0.29, 0.717) is 35.8 Å². The van der Waals surface area contributed by atoms with E-state index in [2.05, 4.69) is 30.4 Å². The molecule has 0 saturated carbocycles. The Hall–Kier alpha value is -4.93. The van der Waals surface area contributed by atoms with Crippen molar-refractivity contribution < 1.29 is 32.3 Å². The molecule has 9 nitrogen and oxygen atoms in total. The molecule has 0 radical (unpaired) electrons. The van der Waals surface area contributed by atoms with Gasteiger partial charge in [0.05, 0.1) is 24.8 Å². The van der Waals surface area contributed by atoms with Crippen molar-refractivity contribution in [1.82, 2.24) is 10.3 Å². The van der Waals surface area contributed by atoms with Crippen molar-refractivity contribution in [2.45, 2.75) is 25.8 Å². The van der Waals surface area contributed by atoms with Gasteiger partial charge in [0.2, 0.25) is 5.91 Å². The lowest BCUT2D eigenvalue weighted by molar-refractivity contribution is -0.286. The molecule has 0 saturated heterocycles. The summed E-state index contributed by atoms with van der Waals surface area (Å²) in [6.07, 6.45) is -0.469. The number of halogens is 2. The number of para-hydroxylation sites is 1. The van der Waals surface area contributed by atoms with Crippen LogP contribution in [0.25, 0.3) is 0 Å². The molecular formula is C27H22F2N4O5. The van der Waals surface area contributed by atoms with E-state index in [1.165, 1.54) is 18.2 Å². The summed E-state index contributed by atoms with van der Waals surface area (Å²) in [7, 11) is 0. The van der Waals surface area contributed by atoms with Crippen LogP contribution in [0.2, 0.25) is 0 Å². The zero-order valence-electron chi connectivity index (χ0n) is 19.9. The van der Waals surface area contributed by atoms with Gasteiger partial charge in [-0.15, -0.1) is 8.78 Å². The number of carbonyl (C=O) groups excluding carboxylic acids is 2. The molecule has 0 bridgehead atoms. The minimum atomic E-state index is -3.74. The topological polar surface area (TPSA) is 115 Å². The molecule has 0 spiro atoms. The molecule has 3 N–H and O–H groups in total. The maximum atomic E-state index is 13.3.